The fourth-order valence-corrected chi connectivity index (χ4v) is 2.32. The molecule has 1 atom stereocenters. The van der Waals surface area contributed by atoms with Gasteiger partial charge < -0.3 is 10.6 Å². The molecule has 0 aliphatic carbocycles. The molecule has 21 heavy (non-hydrogen) atoms. The molecule has 118 valence electrons. The first kappa shape index (κ1) is 17.5. The first-order valence-electron chi connectivity index (χ1n) is 8.32. The lowest BCUT2D eigenvalue weighted by Crippen LogP contribution is -2.24. The van der Waals surface area contributed by atoms with Gasteiger partial charge in [0.15, 0.2) is 0 Å². The molecule has 1 aromatic rings. The van der Waals surface area contributed by atoms with Crippen molar-refractivity contribution in [1.82, 2.24) is 5.32 Å². The summed E-state index contributed by atoms with van der Waals surface area (Å²) < 4.78 is 0. The van der Waals surface area contributed by atoms with Crippen molar-refractivity contribution in [3.05, 3.63) is 29.8 Å². The minimum atomic E-state index is 0.0103. The molecule has 0 saturated heterocycles. The Hall–Kier alpha value is -1.51. The fraction of sp³-hybridized carbons (Fsp3) is 0.611. The number of hydrogen-bond donors (Lipinski definition) is 2. The van der Waals surface area contributed by atoms with E-state index in [1.54, 1.807) is 0 Å². The molecule has 0 heterocycles. The number of anilines is 1. The van der Waals surface area contributed by atoms with Crippen molar-refractivity contribution < 1.29 is 4.79 Å². The van der Waals surface area contributed by atoms with Crippen LogP contribution in [-0.2, 0) is 0 Å². The lowest BCUT2D eigenvalue weighted by atomic mass is 10.1. The zero-order chi connectivity index (χ0) is 15.5. The molecule has 1 rings (SSSR count). The summed E-state index contributed by atoms with van der Waals surface area (Å²) in [5, 5.41) is 6.40. The van der Waals surface area contributed by atoms with E-state index < -0.39 is 0 Å². The number of rotatable bonds is 10. The zero-order valence-corrected chi connectivity index (χ0v) is 13.7. The molecule has 2 N–H and O–H groups in total. The van der Waals surface area contributed by atoms with Gasteiger partial charge in [0.2, 0.25) is 0 Å². The summed E-state index contributed by atoms with van der Waals surface area (Å²) in [5.41, 5.74) is 1.76. The molecule has 1 amide bonds. The van der Waals surface area contributed by atoms with Crippen molar-refractivity contribution in [2.75, 3.05) is 11.9 Å². The topological polar surface area (TPSA) is 41.1 Å². The van der Waals surface area contributed by atoms with Gasteiger partial charge in [0.1, 0.15) is 0 Å². The molecule has 0 radical (unpaired) electrons. The van der Waals surface area contributed by atoms with Crippen LogP contribution in [0.4, 0.5) is 5.69 Å². The SMILES string of the molecule is CCCCCCC(C)Nc1cccc(C(=O)NCCC)c1. The number of carbonyl (C=O) groups is 1. The summed E-state index contributed by atoms with van der Waals surface area (Å²) in [6, 6.07) is 8.21. The van der Waals surface area contributed by atoms with E-state index in [0.29, 0.717) is 6.04 Å². The van der Waals surface area contributed by atoms with E-state index in [1.165, 1.54) is 32.1 Å². The second kappa shape index (κ2) is 10.3. The normalized spacial score (nSPS) is 12.0. The first-order valence-corrected chi connectivity index (χ1v) is 8.32. The Balaban J connectivity index is 2.46. The van der Waals surface area contributed by atoms with Crippen LogP contribution >= 0.6 is 0 Å². The quantitative estimate of drug-likeness (QED) is 0.618. The minimum absolute atomic E-state index is 0.0103. The van der Waals surface area contributed by atoms with Crippen molar-refractivity contribution >= 4 is 11.6 Å². The summed E-state index contributed by atoms with van der Waals surface area (Å²) in [6.45, 7) is 7.22. The predicted molar refractivity (Wildman–Crippen MR) is 90.9 cm³/mol. The van der Waals surface area contributed by atoms with Crippen molar-refractivity contribution in [3.8, 4) is 0 Å². The van der Waals surface area contributed by atoms with Gasteiger partial charge >= 0.3 is 0 Å². The molecule has 0 aliphatic heterocycles. The maximum atomic E-state index is 11.9. The van der Waals surface area contributed by atoms with E-state index in [9.17, 15) is 4.79 Å². The summed E-state index contributed by atoms with van der Waals surface area (Å²) in [7, 11) is 0. The Morgan fingerprint density at radius 3 is 2.67 bits per heavy atom. The average molecular weight is 290 g/mol. The minimum Gasteiger partial charge on any atom is -0.383 e. The predicted octanol–water partition coefficient (Wildman–Crippen LogP) is 4.60. The third-order valence-electron chi connectivity index (χ3n) is 3.56. The van der Waals surface area contributed by atoms with Crippen LogP contribution < -0.4 is 10.6 Å². The van der Waals surface area contributed by atoms with Crippen LogP contribution in [-0.4, -0.2) is 18.5 Å². The molecule has 3 heteroatoms. The highest BCUT2D eigenvalue weighted by atomic mass is 16.1. The number of nitrogens with one attached hydrogen (secondary N) is 2. The molecule has 1 aromatic carbocycles. The highest BCUT2D eigenvalue weighted by Crippen LogP contribution is 2.14. The van der Waals surface area contributed by atoms with Crippen molar-refractivity contribution in [1.29, 1.82) is 0 Å². The monoisotopic (exact) mass is 290 g/mol. The summed E-state index contributed by atoms with van der Waals surface area (Å²) >= 11 is 0. The van der Waals surface area contributed by atoms with Gasteiger partial charge in [0.25, 0.3) is 5.91 Å². The molecule has 0 spiro atoms. The van der Waals surface area contributed by atoms with E-state index in [0.717, 1.165) is 24.2 Å². The molecule has 0 saturated carbocycles. The Kier molecular flexibility index (Phi) is 8.56. The van der Waals surface area contributed by atoms with E-state index in [4.69, 9.17) is 0 Å². The standard InChI is InChI=1S/C18H30N2O/c1-4-6-7-8-10-15(3)20-17-12-9-11-16(14-17)18(21)19-13-5-2/h9,11-12,14-15,20H,4-8,10,13H2,1-3H3,(H,19,21). The highest BCUT2D eigenvalue weighted by Gasteiger charge is 2.07. The van der Waals surface area contributed by atoms with Gasteiger partial charge in [-0.05, 0) is 38.0 Å². The van der Waals surface area contributed by atoms with Gasteiger partial charge in [-0.25, -0.2) is 0 Å². The van der Waals surface area contributed by atoms with Crippen LogP contribution in [0, 0.1) is 0 Å². The van der Waals surface area contributed by atoms with Crippen LogP contribution in [0.3, 0.4) is 0 Å². The van der Waals surface area contributed by atoms with Gasteiger partial charge in [0, 0.05) is 23.8 Å². The van der Waals surface area contributed by atoms with Crippen LogP contribution in [0.1, 0.15) is 69.7 Å². The Labute approximate surface area is 129 Å². The molecule has 0 fully saturated rings. The number of amides is 1. The number of unbranched alkanes of at least 4 members (excludes halogenated alkanes) is 3. The second-order valence-electron chi connectivity index (χ2n) is 5.73. The van der Waals surface area contributed by atoms with Crippen molar-refractivity contribution in [2.45, 2.75) is 65.3 Å². The Morgan fingerprint density at radius 1 is 1.14 bits per heavy atom. The lowest BCUT2D eigenvalue weighted by Gasteiger charge is -2.16. The molecular formula is C18H30N2O. The van der Waals surface area contributed by atoms with Crippen LogP contribution in [0.5, 0.6) is 0 Å². The maximum Gasteiger partial charge on any atom is 0.251 e. The van der Waals surface area contributed by atoms with Gasteiger partial charge in [0.05, 0.1) is 0 Å². The number of hydrogen-bond acceptors (Lipinski definition) is 2. The van der Waals surface area contributed by atoms with Crippen LogP contribution in [0.25, 0.3) is 0 Å². The highest BCUT2D eigenvalue weighted by molar-refractivity contribution is 5.95. The maximum absolute atomic E-state index is 11.9. The molecule has 0 bridgehead atoms. The van der Waals surface area contributed by atoms with Crippen molar-refractivity contribution in [2.24, 2.45) is 0 Å². The Morgan fingerprint density at radius 2 is 1.95 bits per heavy atom. The third kappa shape index (κ3) is 7.16. The molecule has 1 unspecified atom stereocenters. The summed E-state index contributed by atoms with van der Waals surface area (Å²) in [6.07, 6.45) is 7.29. The van der Waals surface area contributed by atoms with Crippen molar-refractivity contribution in [3.63, 3.8) is 0 Å². The number of carbonyl (C=O) groups excluding carboxylic acids is 1. The van der Waals surface area contributed by atoms with E-state index in [-0.39, 0.29) is 5.91 Å². The molecule has 0 aliphatic rings. The van der Waals surface area contributed by atoms with Gasteiger partial charge in [-0.15, -0.1) is 0 Å². The summed E-state index contributed by atoms with van der Waals surface area (Å²) in [4.78, 5) is 11.9. The largest absolute Gasteiger partial charge is 0.383 e. The number of benzene rings is 1. The van der Waals surface area contributed by atoms with E-state index >= 15 is 0 Å². The molecule has 0 aromatic heterocycles. The first-order chi connectivity index (χ1) is 10.2. The smallest absolute Gasteiger partial charge is 0.251 e. The van der Waals surface area contributed by atoms with Crippen LogP contribution in [0.2, 0.25) is 0 Å². The lowest BCUT2D eigenvalue weighted by molar-refractivity contribution is 0.0953. The zero-order valence-electron chi connectivity index (χ0n) is 13.7. The van der Waals surface area contributed by atoms with E-state index in [1.807, 2.05) is 24.3 Å². The van der Waals surface area contributed by atoms with Gasteiger partial charge in [-0.2, -0.15) is 0 Å². The fourth-order valence-electron chi connectivity index (χ4n) is 2.32. The summed E-state index contributed by atoms with van der Waals surface area (Å²) in [5.74, 6) is 0.0103. The van der Waals surface area contributed by atoms with Gasteiger partial charge in [-0.3, -0.25) is 4.79 Å². The molecule has 3 nitrogen and oxygen atoms in total. The second-order valence-corrected chi connectivity index (χ2v) is 5.73. The van der Waals surface area contributed by atoms with E-state index in [2.05, 4.69) is 31.4 Å². The third-order valence-corrected chi connectivity index (χ3v) is 3.56. The Bertz CT molecular complexity index is 417. The van der Waals surface area contributed by atoms with Gasteiger partial charge in [-0.1, -0.05) is 45.6 Å². The average Bonchev–Trinajstić information content (AvgIpc) is 2.49. The van der Waals surface area contributed by atoms with Crippen LogP contribution in [0.15, 0.2) is 24.3 Å². The molecular weight excluding hydrogens is 260 g/mol.